The minimum atomic E-state index is 0.729. The van der Waals surface area contributed by atoms with Crippen molar-refractivity contribution < 1.29 is 0 Å². The van der Waals surface area contributed by atoms with Crippen LogP contribution < -0.4 is 0 Å². The molecule has 0 radical (unpaired) electrons. The standard InChI is InChI=1S/C12H20.C3H8.3C2H6/c1-9(2)7-11(4)12-6-5-10(3)8-12;1-3-2;3*1-2/h7-8,11-12H,5-6H2,1-4H3;3H2,1-2H3;3*1-2H3. The van der Waals surface area contributed by atoms with Crippen molar-refractivity contribution in [1.29, 1.82) is 0 Å². The predicted molar refractivity (Wildman–Crippen MR) is 105 cm³/mol. The van der Waals surface area contributed by atoms with Gasteiger partial charge in [-0.15, -0.1) is 0 Å². The molecule has 0 heterocycles. The van der Waals surface area contributed by atoms with Crippen LogP contribution in [-0.4, -0.2) is 0 Å². The van der Waals surface area contributed by atoms with Gasteiger partial charge in [0.2, 0.25) is 0 Å². The molecular weight excluding hydrogens is 252 g/mol. The molecule has 1 aliphatic rings. The predicted octanol–water partition coefficient (Wildman–Crippen LogP) is 8.44. The number of rotatable bonds is 2. The molecule has 0 aromatic carbocycles. The third-order valence-corrected chi connectivity index (χ3v) is 2.64. The fourth-order valence-electron chi connectivity index (χ4n) is 1.99. The maximum atomic E-state index is 2.45. The van der Waals surface area contributed by atoms with Crippen LogP contribution in [0.4, 0.5) is 0 Å². The molecule has 0 saturated heterocycles. The quantitative estimate of drug-likeness (QED) is 0.448. The molecule has 0 spiro atoms. The van der Waals surface area contributed by atoms with Gasteiger partial charge in [-0.25, -0.2) is 0 Å². The monoisotopic (exact) mass is 298 g/mol. The molecule has 0 N–H and O–H groups in total. The molecule has 0 nitrogen and oxygen atoms in total. The van der Waals surface area contributed by atoms with Crippen LogP contribution >= 0.6 is 0 Å². The average molecular weight is 299 g/mol. The van der Waals surface area contributed by atoms with Gasteiger partial charge in [-0.05, 0) is 45.4 Å². The van der Waals surface area contributed by atoms with Crippen molar-refractivity contribution in [2.75, 3.05) is 0 Å². The summed E-state index contributed by atoms with van der Waals surface area (Å²) in [6.45, 7) is 25.2. The van der Waals surface area contributed by atoms with Gasteiger partial charge in [-0.3, -0.25) is 0 Å². The van der Waals surface area contributed by atoms with Crippen molar-refractivity contribution in [2.45, 2.75) is 102 Å². The van der Waals surface area contributed by atoms with Gasteiger partial charge in [0.15, 0.2) is 0 Å². The van der Waals surface area contributed by atoms with Gasteiger partial charge in [-0.1, -0.05) is 92.0 Å². The Morgan fingerprint density at radius 3 is 1.71 bits per heavy atom. The van der Waals surface area contributed by atoms with Crippen molar-refractivity contribution in [1.82, 2.24) is 0 Å². The highest BCUT2D eigenvalue weighted by Gasteiger charge is 2.17. The maximum Gasteiger partial charge on any atom is -0.0167 e. The molecule has 0 aromatic heterocycles. The summed E-state index contributed by atoms with van der Waals surface area (Å²) in [5, 5.41) is 0. The normalized spacial score (nSPS) is 16.0. The lowest BCUT2D eigenvalue weighted by molar-refractivity contribution is 0.500. The van der Waals surface area contributed by atoms with E-state index in [0.29, 0.717) is 0 Å². The highest BCUT2D eigenvalue weighted by Crippen LogP contribution is 2.30. The third-order valence-electron chi connectivity index (χ3n) is 2.64. The number of hydrogen-bond acceptors (Lipinski definition) is 0. The van der Waals surface area contributed by atoms with E-state index in [2.05, 4.69) is 53.7 Å². The molecule has 21 heavy (non-hydrogen) atoms. The SMILES string of the molecule is CC.CC.CC.CC(C)=CC(C)C1C=C(C)CC1.CCC. The van der Waals surface area contributed by atoms with Crippen LogP contribution in [0.5, 0.6) is 0 Å². The zero-order chi connectivity index (χ0) is 17.8. The molecule has 0 fully saturated rings. The zero-order valence-electron chi connectivity index (χ0n) is 17.4. The van der Waals surface area contributed by atoms with Gasteiger partial charge in [0.1, 0.15) is 0 Å². The molecule has 0 amide bonds. The molecule has 1 rings (SSSR count). The molecule has 0 aliphatic heterocycles. The second-order valence-corrected chi connectivity index (χ2v) is 5.03. The van der Waals surface area contributed by atoms with Crippen molar-refractivity contribution >= 4 is 0 Å². The molecule has 0 bridgehead atoms. The fraction of sp³-hybridized carbons (Fsp3) is 0.810. The number of allylic oxidation sites excluding steroid dienone is 4. The first-order valence-electron chi connectivity index (χ1n) is 9.33. The van der Waals surface area contributed by atoms with E-state index in [9.17, 15) is 0 Å². The first kappa shape index (κ1) is 28.6. The van der Waals surface area contributed by atoms with Gasteiger partial charge in [0, 0.05) is 0 Å². The lowest BCUT2D eigenvalue weighted by Crippen LogP contribution is -2.03. The summed E-state index contributed by atoms with van der Waals surface area (Å²) in [7, 11) is 0. The molecule has 0 aromatic rings. The highest BCUT2D eigenvalue weighted by atomic mass is 14.2. The first-order chi connectivity index (χ1) is 10.0. The van der Waals surface area contributed by atoms with E-state index in [1.54, 1.807) is 5.57 Å². The molecule has 2 unspecified atom stereocenters. The van der Waals surface area contributed by atoms with Crippen LogP contribution in [0.25, 0.3) is 0 Å². The molecule has 0 saturated carbocycles. The zero-order valence-corrected chi connectivity index (χ0v) is 17.4. The van der Waals surface area contributed by atoms with Crippen LogP contribution in [0.1, 0.15) is 102 Å². The molecule has 130 valence electrons. The Morgan fingerprint density at radius 1 is 1.10 bits per heavy atom. The summed E-state index contributed by atoms with van der Waals surface area (Å²) in [6, 6.07) is 0. The Morgan fingerprint density at radius 2 is 1.48 bits per heavy atom. The van der Waals surface area contributed by atoms with Crippen LogP contribution in [-0.2, 0) is 0 Å². The minimum absolute atomic E-state index is 0.729. The molecule has 1 aliphatic carbocycles. The van der Waals surface area contributed by atoms with Gasteiger partial charge in [0.05, 0.1) is 0 Å². The van der Waals surface area contributed by atoms with Gasteiger partial charge >= 0.3 is 0 Å². The lowest BCUT2D eigenvalue weighted by Gasteiger charge is -2.13. The highest BCUT2D eigenvalue weighted by molar-refractivity contribution is 5.12. The Kier molecular flexibility index (Phi) is 33.4. The van der Waals surface area contributed by atoms with Crippen molar-refractivity contribution in [3.05, 3.63) is 23.3 Å². The fourth-order valence-corrected chi connectivity index (χ4v) is 1.99. The van der Waals surface area contributed by atoms with E-state index in [1.165, 1.54) is 24.8 Å². The van der Waals surface area contributed by atoms with Crippen molar-refractivity contribution in [2.24, 2.45) is 11.8 Å². The summed E-state index contributed by atoms with van der Waals surface area (Å²) in [5.41, 5.74) is 3.02. The van der Waals surface area contributed by atoms with E-state index < -0.39 is 0 Å². The summed E-state index contributed by atoms with van der Waals surface area (Å²) in [6.07, 6.45) is 8.76. The topological polar surface area (TPSA) is 0 Å². The summed E-state index contributed by atoms with van der Waals surface area (Å²) in [5.74, 6) is 1.53. The van der Waals surface area contributed by atoms with Crippen molar-refractivity contribution in [3.8, 4) is 0 Å². The summed E-state index contributed by atoms with van der Waals surface area (Å²) in [4.78, 5) is 0. The van der Waals surface area contributed by atoms with Gasteiger partial charge < -0.3 is 0 Å². The Labute approximate surface area is 138 Å². The lowest BCUT2D eigenvalue weighted by atomic mass is 9.92. The second kappa shape index (κ2) is 24.5. The Balaban J connectivity index is -0.000000136. The number of hydrogen-bond donors (Lipinski definition) is 0. The van der Waals surface area contributed by atoms with Gasteiger partial charge in [0.25, 0.3) is 0 Å². The van der Waals surface area contributed by atoms with E-state index in [0.717, 1.165) is 11.8 Å². The van der Waals surface area contributed by atoms with E-state index in [-0.39, 0.29) is 0 Å². The third kappa shape index (κ3) is 21.9. The molecule has 0 heteroatoms. The van der Waals surface area contributed by atoms with E-state index in [1.807, 2.05) is 41.5 Å². The Bertz CT molecular complexity index is 216. The summed E-state index contributed by atoms with van der Waals surface area (Å²) >= 11 is 0. The van der Waals surface area contributed by atoms with E-state index >= 15 is 0 Å². The van der Waals surface area contributed by atoms with Crippen LogP contribution in [0, 0.1) is 11.8 Å². The van der Waals surface area contributed by atoms with Crippen LogP contribution in [0.2, 0.25) is 0 Å². The largest absolute Gasteiger partial charge is 0.0825 e. The second-order valence-electron chi connectivity index (χ2n) is 5.03. The first-order valence-corrected chi connectivity index (χ1v) is 9.33. The summed E-state index contributed by atoms with van der Waals surface area (Å²) < 4.78 is 0. The minimum Gasteiger partial charge on any atom is -0.0825 e. The molecular formula is C21H46. The smallest absolute Gasteiger partial charge is 0.0167 e. The van der Waals surface area contributed by atoms with Crippen molar-refractivity contribution in [3.63, 3.8) is 0 Å². The van der Waals surface area contributed by atoms with Gasteiger partial charge in [-0.2, -0.15) is 0 Å². The molecule has 2 atom stereocenters. The average Bonchev–Trinajstić information content (AvgIpc) is 2.92. The maximum absolute atomic E-state index is 2.45. The van der Waals surface area contributed by atoms with Crippen LogP contribution in [0.3, 0.4) is 0 Å². The van der Waals surface area contributed by atoms with E-state index in [4.69, 9.17) is 0 Å². The van der Waals surface area contributed by atoms with Crippen LogP contribution in [0.15, 0.2) is 23.3 Å². The Hall–Kier alpha value is -0.520.